The molecule has 0 spiro atoms. The minimum Gasteiger partial charge on any atom is -0.311 e. The maximum absolute atomic E-state index is 13.7. The molecule has 0 aromatic heterocycles. The molecule has 0 saturated heterocycles. The summed E-state index contributed by atoms with van der Waals surface area (Å²) in [5, 5.41) is 3.07. The van der Waals surface area contributed by atoms with E-state index in [-0.39, 0.29) is 6.04 Å². The average Bonchev–Trinajstić information content (AvgIpc) is 2.05. The summed E-state index contributed by atoms with van der Waals surface area (Å²) in [6, 6.07) is -0.104. The van der Waals surface area contributed by atoms with Crippen molar-refractivity contribution in [2.24, 2.45) is 0 Å². The molecule has 1 N–H and O–H groups in total. The lowest BCUT2D eigenvalue weighted by Crippen LogP contribution is -2.43. The molecule has 0 radical (unpaired) electrons. The molecule has 0 aliphatic heterocycles. The largest absolute Gasteiger partial charge is 0.311 e. The SMILES string of the molecule is CNC(C1=CCCCC1)C(C)(C)F. The molecule has 0 bridgehead atoms. The molecule has 1 unspecified atom stereocenters. The second-order valence-electron chi connectivity index (χ2n) is 4.31. The molecule has 1 rings (SSSR count). The number of halogens is 1. The molecule has 1 nitrogen and oxygen atoms in total. The molecule has 76 valence electrons. The predicted molar refractivity (Wildman–Crippen MR) is 54.6 cm³/mol. The molecule has 13 heavy (non-hydrogen) atoms. The van der Waals surface area contributed by atoms with Gasteiger partial charge in [0.25, 0.3) is 0 Å². The highest BCUT2D eigenvalue weighted by atomic mass is 19.1. The first-order chi connectivity index (χ1) is 6.05. The van der Waals surface area contributed by atoms with Gasteiger partial charge in [-0.25, -0.2) is 4.39 Å². The fourth-order valence-electron chi connectivity index (χ4n) is 2.09. The lowest BCUT2D eigenvalue weighted by atomic mass is 9.86. The summed E-state index contributed by atoms with van der Waals surface area (Å²) >= 11 is 0. The third-order valence-corrected chi connectivity index (χ3v) is 2.67. The molecule has 1 aliphatic carbocycles. The third-order valence-electron chi connectivity index (χ3n) is 2.67. The first-order valence-electron chi connectivity index (χ1n) is 5.11. The van der Waals surface area contributed by atoms with Gasteiger partial charge in [0.1, 0.15) is 5.67 Å². The molecule has 0 saturated carbocycles. The maximum Gasteiger partial charge on any atom is 0.124 e. The Bertz CT molecular complexity index is 191. The fourth-order valence-corrected chi connectivity index (χ4v) is 2.09. The topological polar surface area (TPSA) is 12.0 Å². The van der Waals surface area contributed by atoms with Gasteiger partial charge in [0.2, 0.25) is 0 Å². The quantitative estimate of drug-likeness (QED) is 0.667. The summed E-state index contributed by atoms with van der Waals surface area (Å²) in [6.07, 6.45) is 6.83. The Hall–Kier alpha value is -0.370. The van der Waals surface area contributed by atoms with Gasteiger partial charge in [-0.15, -0.1) is 0 Å². The standard InChI is InChI=1S/C11H20FN/c1-11(2,12)10(13-3)9-7-5-4-6-8-9/h7,10,13H,4-6,8H2,1-3H3. The van der Waals surface area contributed by atoms with Crippen molar-refractivity contribution >= 4 is 0 Å². The zero-order valence-electron chi connectivity index (χ0n) is 8.86. The minimum absolute atomic E-state index is 0.104. The fraction of sp³-hybridized carbons (Fsp3) is 0.818. The van der Waals surface area contributed by atoms with Crippen molar-refractivity contribution in [2.75, 3.05) is 7.05 Å². The van der Waals surface area contributed by atoms with Crippen molar-refractivity contribution in [1.82, 2.24) is 5.32 Å². The van der Waals surface area contributed by atoms with Crippen LogP contribution in [0.4, 0.5) is 4.39 Å². The highest BCUT2D eigenvalue weighted by Gasteiger charge is 2.30. The number of likely N-dealkylation sites (N-methyl/N-ethyl adjacent to an activating group) is 1. The van der Waals surface area contributed by atoms with Crippen LogP contribution in [-0.4, -0.2) is 18.8 Å². The lowest BCUT2D eigenvalue weighted by Gasteiger charge is -2.30. The third kappa shape index (κ3) is 2.80. The van der Waals surface area contributed by atoms with Crippen LogP contribution >= 0.6 is 0 Å². The normalized spacial score (nSPS) is 21.1. The van der Waals surface area contributed by atoms with Gasteiger partial charge < -0.3 is 5.32 Å². The Labute approximate surface area is 80.4 Å². The van der Waals surface area contributed by atoms with Gasteiger partial charge >= 0.3 is 0 Å². The van der Waals surface area contributed by atoms with Crippen molar-refractivity contribution in [3.8, 4) is 0 Å². The van der Waals surface area contributed by atoms with Crippen molar-refractivity contribution in [3.05, 3.63) is 11.6 Å². The highest BCUT2D eigenvalue weighted by Crippen LogP contribution is 2.27. The number of hydrogen-bond donors (Lipinski definition) is 1. The smallest absolute Gasteiger partial charge is 0.124 e. The minimum atomic E-state index is -1.15. The molecular weight excluding hydrogens is 165 g/mol. The van der Waals surface area contributed by atoms with Gasteiger partial charge in [0.15, 0.2) is 0 Å². The molecule has 1 aliphatic rings. The Morgan fingerprint density at radius 3 is 2.54 bits per heavy atom. The van der Waals surface area contributed by atoms with Crippen LogP contribution in [0, 0.1) is 0 Å². The molecule has 0 fully saturated rings. The first-order valence-corrected chi connectivity index (χ1v) is 5.11. The van der Waals surface area contributed by atoms with Crippen LogP contribution < -0.4 is 5.32 Å². The van der Waals surface area contributed by atoms with E-state index in [0.717, 1.165) is 12.8 Å². The second kappa shape index (κ2) is 4.23. The van der Waals surface area contributed by atoms with E-state index in [2.05, 4.69) is 11.4 Å². The molecule has 0 amide bonds. The predicted octanol–water partition coefficient (Wildman–Crippen LogP) is 2.82. The van der Waals surface area contributed by atoms with E-state index < -0.39 is 5.67 Å². The van der Waals surface area contributed by atoms with Crippen LogP contribution in [0.1, 0.15) is 39.5 Å². The Kier molecular flexibility index (Phi) is 3.48. The van der Waals surface area contributed by atoms with E-state index in [0.29, 0.717) is 0 Å². The number of hydrogen-bond acceptors (Lipinski definition) is 1. The summed E-state index contributed by atoms with van der Waals surface area (Å²) in [5.74, 6) is 0. The highest BCUT2D eigenvalue weighted by molar-refractivity contribution is 5.17. The average molecular weight is 185 g/mol. The van der Waals surface area contributed by atoms with Crippen LogP contribution in [0.2, 0.25) is 0 Å². The van der Waals surface area contributed by atoms with Gasteiger partial charge in [0, 0.05) is 0 Å². The molecule has 1 atom stereocenters. The molecule has 0 aromatic rings. The molecule has 2 heteroatoms. The van der Waals surface area contributed by atoms with Gasteiger partial charge in [-0.1, -0.05) is 11.6 Å². The summed E-state index contributed by atoms with van der Waals surface area (Å²) < 4.78 is 13.7. The van der Waals surface area contributed by atoms with Crippen molar-refractivity contribution in [3.63, 3.8) is 0 Å². The van der Waals surface area contributed by atoms with Crippen molar-refractivity contribution in [1.29, 1.82) is 0 Å². The number of alkyl halides is 1. The van der Waals surface area contributed by atoms with E-state index in [1.54, 1.807) is 13.8 Å². The number of nitrogens with one attached hydrogen (secondary N) is 1. The molecular formula is C11H20FN. The van der Waals surface area contributed by atoms with Gasteiger partial charge in [-0.3, -0.25) is 0 Å². The summed E-state index contributed by atoms with van der Waals surface area (Å²) in [5.41, 5.74) is 0.0963. The van der Waals surface area contributed by atoms with Gasteiger partial charge in [-0.05, 0) is 46.6 Å². The second-order valence-corrected chi connectivity index (χ2v) is 4.31. The van der Waals surface area contributed by atoms with E-state index in [1.165, 1.54) is 18.4 Å². The van der Waals surface area contributed by atoms with E-state index in [4.69, 9.17) is 0 Å². The summed E-state index contributed by atoms with van der Waals surface area (Å²) in [6.45, 7) is 3.28. The number of rotatable bonds is 3. The van der Waals surface area contributed by atoms with Crippen LogP contribution in [0.25, 0.3) is 0 Å². The Morgan fingerprint density at radius 1 is 1.46 bits per heavy atom. The Balaban J connectivity index is 2.70. The zero-order chi connectivity index (χ0) is 9.90. The summed E-state index contributed by atoms with van der Waals surface area (Å²) in [7, 11) is 1.83. The van der Waals surface area contributed by atoms with Crippen molar-refractivity contribution < 1.29 is 4.39 Å². The molecule has 0 heterocycles. The summed E-state index contributed by atoms with van der Waals surface area (Å²) in [4.78, 5) is 0. The Morgan fingerprint density at radius 2 is 2.15 bits per heavy atom. The van der Waals surface area contributed by atoms with Crippen LogP contribution in [0.3, 0.4) is 0 Å². The van der Waals surface area contributed by atoms with Gasteiger partial charge in [0.05, 0.1) is 6.04 Å². The lowest BCUT2D eigenvalue weighted by molar-refractivity contribution is 0.169. The number of allylic oxidation sites excluding steroid dienone is 1. The first kappa shape index (κ1) is 10.7. The van der Waals surface area contributed by atoms with E-state index >= 15 is 0 Å². The monoisotopic (exact) mass is 185 g/mol. The van der Waals surface area contributed by atoms with Crippen LogP contribution in [-0.2, 0) is 0 Å². The van der Waals surface area contributed by atoms with Crippen LogP contribution in [0.5, 0.6) is 0 Å². The van der Waals surface area contributed by atoms with Gasteiger partial charge in [-0.2, -0.15) is 0 Å². The maximum atomic E-state index is 13.7. The van der Waals surface area contributed by atoms with E-state index in [9.17, 15) is 4.39 Å². The van der Waals surface area contributed by atoms with Crippen LogP contribution in [0.15, 0.2) is 11.6 Å². The molecule has 0 aromatic carbocycles. The van der Waals surface area contributed by atoms with Crippen molar-refractivity contribution in [2.45, 2.75) is 51.2 Å². The van der Waals surface area contributed by atoms with E-state index in [1.807, 2.05) is 7.05 Å². The zero-order valence-corrected chi connectivity index (χ0v) is 8.86.